The second-order valence-corrected chi connectivity index (χ2v) is 23.3. The van der Waals surface area contributed by atoms with Gasteiger partial charge in [0.2, 0.25) is 16.7 Å². The summed E-state index contributed by atoms with van der Waals surface area (Å²) >= 11 is 0.965. The van der Waals surface area contributed by atoms with Crippen molar-refractivity contribution in [2.75, 3.05) is 19.5 Å². The maximum absolute atomic E-state index is 13.0. The minimum Gasteiger partial charge on any atom is -0.495 e. The zero-order chi connectivity index (χ0) is 54.5. The fourth-order valence-corrected chi connectivity index (χ4v) is 10.8. The molecule has 0 atom stereocenters. The number of hydrogen-bond donors (Lipinski definition) is 7. The number of aryl methyl sites for hydroxylation is 2. The average Bonchev–Trinajstić information content (AvgIpc) is 3.86. The van der Waals surface area contributed by atoms with Crippen LogP contribution in [0.4, 0.5) is 33.6 Å². The maximum Gasteiger partial charge on any atom is 0.358 e. The standard InChI is InChI=1S/C39H33N9O20S6/c1-18-13-26(28(68-11-4-12-70(52,53)54)15-25(18)42-46-39-40-27-16-31(72(58,59)60)29(67-3)17-30(27)69-39)43-44-33-19(2)22-9-10-24(36(74(64,65)66)23(22)14-32(33)73(61,62)63)41-45-34-35(38(50)51)47-48(37(34)49)20-5-7-21(8-6-20)71(55,56)57/h5-10,13-17,49H,4,11-12H2,1-3H3,(H,50,51)(H,52,53,54)(H,55,56,57)(H,58,59,60)(H,61,62,63)(H,64,65,66). The van der Waals surface area contributed by atoms with E-state index in [1.165, 1.54) is 39.2 Å². The van der Waals surface area contributed by atoms with Crippen molar-refractivity contribution in [1.82, 2.24) is 14.8 Å². The van der Waals surface area contributed by atoms with E-state index in [-0.39, 0.29) is 63.2 Å². The van der Waals surface area contributed by atoms with Gasteiger partial charge in [0.15, 0.2) is 5.69 Å². The van der Waals surface area contributed by atoms with Crippen molar-refractivity contribution in [3.05, 3.63) is 83.6 Å². The monoisotopic (exact) mass is 1140 g/mol. The van der Waals surface area contributed by atoms with Gasteiger partial charge in [-0.2, -0.15) is 51.9 Å². The molecule has 74 heavy (non-hydrogen) atoms. The highest BCUT2D eigenvalue weighted by Crippen LogP contribution is 2.44. The van der Waals surface area contributed by atoms with Gasteiger partial charge in [0, 0.05) is 17.5 Å². The normalized spacial score (nSPS) is 13.0. The first-order chi connectivity index (χ1) is 34.3. The number of azo groups is 3. The van der Waals surface area contributed by atoms with Gasteiger partial charge in [0.1, 0.15) is 43.2 Å². The second kappa shape index (κ2) is 20.2. The minimum absolute atomic E-state index is 0.00982. The van der Waals surface area contributed by atoms with E-state index in [4.69, 9.17) is 9.47 Å². The number of thiazole rings is 1. The van der Waals surface area contributed by atoms with Crippen LogP contribution in [-0.2, 0) is 50.6 Å². The predicted molar refractivity (Wildman–Crippen MR) is 257 cm³/mol. The predicted octanol–water partition coefficient (Wildman–Crippen LogP) is 7.55. The van der Waals surface area contributed by atoms with Crippen molar-refractivity contribution in [2.45, 2.75) is 39.9 Å². The van der Waals surface area contributed by atoms with Crippen LogP contribution in [0.25, 0.3) is 26.7 Å². The molecule has 0 aliphatic carbocycles. The molecule has 0 radical (unpaired) electrons. The van der Waals surface area contributed by atoms with E-state index >= 15 is 0 Å². The SMILES string of the molecule is COc1cc2sc(N=Nc3cc(OCCCS(=O)(=O)O)c(N=Nc4c(S(=O)(=O)O)cc5c(S(=O)(=O)O)c(N=Nc6c(C(=O)O)nn(-c7ccc(S(=O)(=O)O)cc7)c6O)ccc5c4C)cc3C)nc2cc1S(=O)(=O)O. The van der Waals surface area contributed by atoms with Gasteiger partial charge < -0.3 is 19.7 Å². The molecule has 7 N–H and O–H groups in total. The number of nitrogens with zero attached hydrogens (tertiary/aromatic N) is 9. The fourth-order valence-electron chi connectivity index (χ4n) is 6.84. The number of methoxy groups -OCH3 is 1. The number of benzene rings is 5. The highest BCUT2D eigenvalue weighted by Gasteiger charge is 2.29. The maximum atomic E-state index is 13.0. The Morgan fingerprint density at radius 3 is 1.91 bits per heavy atom. The summed E-state index contributed by atoms with van der Waals surface area (Å²) in [4.78, 5) is 13.1. The molecule has 0 bridgehead atoms. The number of aromatic hydroxyl groups is 1. The van der Waals surface area contributed by atoms with Gasteiger partial charge in [0.25, 0.3) is 50.6 Å². The van der Waals surface area contributed by atoms with Crippen LogP contribution in [-0.4, -0.2) is 115 Å². The molecule has 0 unspecified atom stereocenters. The third kappa shape index (κ3) is 11.9. The van der Waals surface area contributed by atoms with Crippen molar-refractivity contribution in [3.8, 4) is 23.1 Å². The summed E-state index contributed by atoms with van der Waals surface area (Å²) in [7, 11) is -23.4. The van der Waals surface area contributed by atoms with E-state index in [0.717, 1.165) is 53.8 Å². The van der Waals surface area contributed by atoms with Crippen LogP contribution in [0.1, 0.15) is 28.0 Å². The zero-order valence-electron chi connectivity index (χ0n) is 37.4. The van der Waals surface area contributed by atoms with Crippen LogP contribution in [0.3, 0.4) is 0 Å². The molecule has 0 saturated heterocycles. The molecule has 0 fully saturated rings. The van der Waals surface area contributed by atoms with E-state index in [0.29, 0.717) is 21.0 Å². The van der Waals surface area contributed by atoms with Crippen molar-refractivity contribution < 1.29 is 89.3 Å². The van der Waals surface area contributed by atoms with Crippen LogP contribution in [0.5, 0.6) is 17.4 Å². The van der Waals surface area contributed by atoms with Gasteiger partial charge in [-0.1, -0.05) is 17.4 Å². The minimum atomic E-state index is -5.46. The van der Waals surface area contributed by atoms with Crippen LogP contribution >= 0.6 is 11.3 Å². The summed E-state index contributed by atoms with van der Waals surface area (Å²) in [6.07, 6.45) is -0.253. The van der Waals surface area contributed by atoms with Crippen molar-refractivity contribution in [2.24, 2.45) is 30.7 Å². The van der Waals surface area contributed by atoms with Gasteiger partial charge in [-0.25, -0.2) is 9.78 Å². The highest BCUT2D eigenvalue weighted by molar-refractivity contribution is 7.87. The lowest BCUT2D eigenvalue weighted by atomic mass is 10.0. The van der Waals surface area contributed by atoms with E-state index in [1.54, 1.807) is 0 Å². The average molecular weight is 1140 g/mol. The van der Waals surface area contributed by atoms with E-state index < -0.39 is 116 Å². The number of carboxylic acid groups (broad SMARTS) is 1. The Hall–Kier alpha value is -7.32. The summed E-state index contributed by atoms with van der Waals surface area (Å²) in [5.41, 5.74) is -3.20. The fraction of sp³-hybridized carbons (Fsp3) is 0.154. The summed E-state index contributed by atoms with van der Waals surface area (Å²) < 4.78 is 183. The molecule has 7 aromatic rings. The lowest BCUT2D eigenvalue weighted by molar-refractivity contribution is 0.0690. The quantitative estimate of drug-likeness (QED) is 0.0247. The van der Waals surface area contributed by atoms with Crippen LogP contribution in [0.15, 0.2) is 117 Å². The number of fused-ring (bicyclic) bond motifs is 2. The molecule has 0 amide bonds. The number of rotatable bonds is 18. The molecule has 0 aliphatic rings. The molecule has 29 nitrogen and oxygen atoms in total. The Bertz CT molecular complexity index is 4160. The summed E-state index contributed by atoms with van der Waals surface area (Å²) in [6.45, 7) is 2.39. The Labute approximate surface area is 421 Å². The molecule has 2 heterocycles. The smallest absolute Gasteiger partial charge is 0.358 e. The molecule has 0 saturated carbocycles. The Kier molecular flexibility index (Phi) is 14.9. The van der Waals surface area contributed by atoms with E-state index in [1.807, 2.05) is 0 Å². The molecule has 7 rings (SSSR count). The lowest BCUT2D eigenvalue weighted by Gasteiger charge is -2.14. The van der Waals surface area contributed by atoms with Crippen molar-refractivity contribution in [1.29, 1.82) is 0 Å². The summed E-state index contributed by atoms with van der Waals surface area (Å²) in [5, 5.41) is 47.7. The first-order valence-corrected chi connectivity index (χ1v) is 28.2. The number of aromatic nitrogens is 3. The summed E-state index contributed by atoms with van der Waals surface area (Å²) in [6, 6.07) is 11.6. The van der Waals surface area contributed by atoms with Gasteiger partial charge in [0.05, 0.1) is 46.0 Å². The molecule has 35 heteroatoms. The molecular formula is C39H33N9O20S6. The summed E-state index contributed by atoms with van der Waals surface area (Å²) in [5.74, 6) is -3.87. The number of carboxylic acids is 1. The molecule has 0 aliphatic heterocycles. The van der Waals surface area contributed by atoms with Gasteiger partial charge in [-0.15, -0.1) is 30.7 Å². The third-order valence-electron chi connectivity index (χ3n) is 10.2. The van der Waals surface area contributed by atoms with E-state index in [9.17, 15) is 79.9 Å². The highest BCUT2D eigenvalue weighted by atomic mass is 32.2. The van der Waals surface area contributed by atoms with Crippen LogP contribution < -0.4 is 9.47 Å². The Morgan fingerprint density at radius 1 is 0.676 bits per heavy atom. The number of ether oxygens (including phenoxy) is 2. The number of carbonyl (C=O) groups is 1. The van der Waals surface area contributed by atoms with Crippen LogP contribution in [0.2, 0.25) is 0 Å². The van der Waals surface area contributed by atoms with Gasteiger partial charge >= 0.3 is 5.97 Å². The third-order valence-corrected chi connectivity index (χ3v) is 15.4. The number of aromatic carboxylic acids is 1. The van der Waals surface area contributed by atoms with E-state index in [2.05, 4.69) is 40.8 Å². The largest absolute Gasteiger partial charge is 0.495 e. The Balaban J connectivity index is 1.30. The molecule has 2 aromatic heterocycles. The van der Waals surface area contributed by atoms with Gasteiger partial charge in [-0.3, -0.25) is 22.8 Å². The zero-order valence-corrected chi connectivity index (χ0v) is 42.3. The first-order valence-electron chi connectivity index (χ1n) is 20.0. The molecule has 5 aromatic carbocycles. The molecule has 390 valence electrons. The molecular weight excluding hydrogens is 1110 g/mol. The van der Waals surface area contributed by atoms with Crippen LogP contribution in [0, 0.1) is 13.8 Å². The molecule has 0 spiro atoms. The topological polar surface area (TPSA) is 453 Å². The Morgan fingerprint density at radius 2 is 1.31 bits per heavy atom. The van der Waals surface area contributed by atoms with Crippen molar-refractivity contribution >= 4 is 122 Å². The van der Waals surface area contributed by atoms with Crippen molar-refractivity contribution in [3.63, 3.8) is 0 Å². The number of hydrogen-bond acceptors (Lipinski definition) is 23. The van der Waals surface area contributed by atoms with Gasteiger partial charge in [-0.05, 0) is 85.3 Å². The lowest BCUT2D eigenvalue weighted by Crippen LogP contribution is -2.08. The first kappa shape index (κ1) is 54.5. The second-order valence-electron chi connectivity index (χ2n) is 15.2.